The van der Waals surface area contributed by atoms with Gasteiger partial charge in [-0.15, -0.1) is 0 Å². The number of methoxy groups -OCH3 is 1. The summed E-state index contributed by atoms with van der Waals surface area (Å²) in [6.07, 6.45) is 0.721. The molecule has 0 saturated heterocycles. The zero-order valence-corrected chi connectivity index (χ0v) is 10.7. The highest BCUT2D eigenvalue weighted by atomic mass is 19.2. The molecule has 0 atom stereocenters. The maximum absolute atomic E-state index is 13.2. The highest BCUT2D eigenvalue weighted by Gasteiger charge is 2.26. The number of nitrogens with one attached hydrogen (secondary N) is 1. The fraction of sp³-hybridized carbons (Fsp3) is 0.500. The second kappa shape index (κ2) is 8.01. The van der Waals surface area contributed by atoms with Crippen LogP contribution in [0.5, 0.6) is 5.75 Å². The summed E-state index contributed by atoms with van der Waals surface area (Å²) < 4.78 is 74.2. The van der Waals surface area contributed by atoms with Crippen LogP contribution in [0.2, 0.25) is 0 Å². The van der Waals surface area contributed by atoms with Crippen molar-refractivity contribution in [3.05, 3.63) is 29.1 Å². The van der Waals surface area contributed by atoms with Crippen molar-refractivity contribution in [3.63, 3.8) is 0 Å². The number of ether oxygens (including phenoxy) is 2. The Kier molecular flexibility index (Phi) is 6.66. The molecule has 8 heteroatoms. The molecule has 1 aromatic rings. The molecule has 1 aromatic carbocycles. The first-order chi connectivity index (χ1) is 9.50. The van der Waals surface area contributed by atoms with Crippen LogP contribution < -0.4 is 10.1 Å². The quantitative estimate of drug-likeness (QED) is 0.346. The molecule has 0 aliphatic rings. The first kappa shape index (κ1) is 16.6. The van der Waals surface area contributed by atoms with Gasteiger partial charge in [0.25, 0.3) is 0 Å². The van der Waals surface area contributed by atoms with Gasteiger partial charge in [0.2, 0.25) is 29.1 Å². The second-order valence-corrected chi connectivity index (χ2v) is 3.84. The maximum atomic E-state index is 13.2. The fourth-order valence-corrected chi connectivity index (χ4v) is 1.40. The molecule has 0 aromatic heterocycles. The van der Waals surface area contributed by atoms with E-state index >= 15 is 0 Å². The lowest BCUT2D eigenvalue weighted by molar-refractivity contribution is 0.193. The molecule has 0 spiro atoms. The maximum Gasteiger partial charge on any atom is 0.206 e. The van der Waals surface area contributed by atoms with Crippen molar-refractivity contribution >= 4 is 0 Å². The zero-order chi connectivity index (χ0) is 15.1. The molecule has 0 saturated carbocycles. The minimum Gasteiger partial charge on any atom is -0.486 e. The highest BCUT2D eigenvalue weighted by Crippen LogP contribution is 2.28. The molecule has 0 aliphatic carbocycles. The molecule has 0 fully saturated rings. The Labute approximate surface area is 112 Å². The summed E-state index contributed by atoms with van der Waals surface area (Å²) in [6, 6.07) is 0. The second-order valence-electron chi connectivity index (χ2n) is 3.84. The van der Waals surface area contributed by atoms with E-state index in [1.54, 1.807) is 7.11 Å². The van der Waals surface area contributed by atoms with Crippen molar-refractivity contribution in [2.75, 3.05) is 33.4 Å². The molecule has 1 rings (SSSR count). The Morgan fingerprint density at radius 3 is 1.90 bits per heavy atom. The third kappa shape index (κ3) is 4.04. The third-order valence-electron chi connectivity index (χ3n) is 2.40. The lowest BCUT2D eigenvalue weighted by Crippen LogP contribution is -2.23. The van der Waals surface area contributed by atoms with Crippen molar-refractivity contribution in [1.29, 1.82) is 0 Å². The highest BCUT2D eigenvalue weighted by molar-refractivity contribution is 5.29. The molecule has 0 amide bonds. The van der Waals surface area contributed by atoms with E-state index in [1.807, 2.05) is 0 Å². The minimum absolute atomic E-state index is 0.198. The van der Waals surface area contributed by atoms with Crippen LogP contribution in [0, 0.1) is 29.1 Å². The fourth-order valence-electron chi connectivity index (χ4n) is 1.40. The van der Waals surface area contributed by atoms with Gasteiger partial charge in [0.05, 0.1) is 0 Å². The SMILES string of the molecule is COCCCNCCOc1c(F)c(F)c(F)c(F)c1F. The Balaban J connectivity index is 2.52. The molecule has 0 aliphatic heterocycles. The van der Waals surface area contributed by atoms with Crippen LogP contribution in [0.15, 0.2) is 0 Å². The Hall–Kier alpha value is -1.41. The lowest BCUT2D eigenvalue weighted by atomic mass is 10.2. The van der Waals surface area contributed by atoms with Crippen LogP contribution in [0.4, 0.5) is 22.0 Å². The standard InChI is InChI=1S/C12H14F5NO2/c1-19-5-2-3-18-4-6-20-12-10(16)8(14)7(13)9(15)11(12)17/h18H,2-6H2,1H3. The number of hydrogen-bond acceptors (Lipinski definition) is 3. The van der Waals surface area contributed by atoms with E-state index in [1.165, 1.54) is 0 Å². The van der Waals surface area contributed by atoms with E-state index in [0.29, 0.717) is 13.2 Å². The minimum atomic E-state index is -2.20. The van der Waals surface area contributed by atoms with Crippen LogP contribution in [0.25, 0.3) is 0 Å². The number of halogens is 5. The van der Waals surface area contributed by atoms with Crippen LogP contribution in [0.1, 0.15) is 6.42 Å². The predicted molar refractivity (Wildman–Crippen MR) is 61.1 cm³/mol. The summed E-state index contributed by atoms with van der Waals surface area (Å²) in [4.78, 5) is 0. The van der Waals surface area contributed by atoms with Gasteiger partial charge in [-0.3, -0.25) is 0 Å². The van der Waals surface area contributed by atoms with Gasteiger partial charge in [-0.05, 0) is 13.0 Å². The molecule has 0 unspecified atom stereocenters. The molecule has 0 bridgehead atoms. The molecular weight excluding hydrogens is 285 g/mol. The molecule has 114 valence electrons. The number of benzene rings is 1. The molecular formula is C12H14F5NO2. The van der Waals surface area contributed by atoms with Crippen molar-refractivity contribution in [2.24, 2.45) is 0 Å². The van der Waals surface area contributed by atoms with E-state index in [0.717, 1.165) is 6.42 Å². The molecule has 0 radical (unpaired) electrons. The topological polar surface area (TPSA) is 30.5 Å². The summed E-state index contributed by atoms with van der Waals surface area (Å²) in [5.74, 6) is -11.5. The van der Waals surface area contributed by atoms with E-state index in [2.05, 4.69) is 10.1 Å². The summed E-state index contributed by atoms with van der Waals surface area (Å²) in [5.41, 5.74) is 0. The van der Waals surface area contributed by atoms with Gasteiger partial charge < -0.3 is 14.8 Å². The van der Waals surface area contributed by atoms with Crippen LogP contribution >= 0.6 is 0 Å². The smallest absolute Gasteiger partial charge is 0.206 e. The molecule has 1 N–H and O–H groups in total. The zero-order valence-electron chi connectivity index (χ0n) is 10.7. The summed E-state index contributed by atoms with van der Waals surface area (Å²) in [7, 11) is 1.55. The Morgan fingerprint density at radius 1 is 0.800 bits per heavy atom. The van der Waals surface area contributed by atoms with Crippen LogP contribution in [-0.4, -0.2) is 33.4 Å². The number of rotatable bonds is 8. The first-order valence-electron chi connectivity index (χ1n) is 5.84. The Morgan fingerprint density at radius 2 is 1.35 bits per heavy atom. The predicted octanol–water partition coefficient (Wildman–Crippen LogP) is 2.39. The van der Waals surface area contributed by atoms with Gasteiger partial charge in [-0.25, -0.2) is 13.2 Å². The van der Waals surface area contributed by atoms with E-state index in [4.69, 9.17) is 4.74 Å². The van der Waals surface area contributed by atoms with Crippen LogP contribution in [0.3, 0.4) is 0 Å². The van der Waals surface area contributed by atoms with Gasteiger partial charge in [-0.1, -0.05) is 0 Å². The van der Waals surface area contributed by atoms with Gasteiger partial charge in [0, 0.05) is 20.3 Å². The van der Waals surface area contributed by atoms with E-state index in [-0.39, 0.29) is 13.2 Å². The average Bonchev–Trinajstić information content (AvgIpc) is 2.45. The molecule has 0 heterocycles. The van der Waals surface area contributed by atoms with Gasteiger partial charge in [0.15, 0.2) is 5.75 Å². The van der Waals surface area contributed by atoms with Crippen molar-refractivity contribution in [2.45, 2.75) is 6.42 Å². The normalized spacial score (nSPS) is 10.9. The summed E-state index contributed by atoms with van der Waals surface area (Å²) >= 11 is 0. The first-order valence-corrected chi connectivity index (χ1v) is 5.84. The summed E-state index contributed by atoms with van der Waals surface area (Å²) in [6.45, 7) is 1.09. The average molecular weight is 299 g/mol. The lowest BCUT2D eigenvalue weighted by Gasteiger charge is -2.10. The van der Waals surface area contributed by atoms with Crippen molar-refractivity contribution in [3.8, 4) is 5.75 Å². The Bertz CT molecular complexity index is 427. The molecule has 3 nitrogen and oxygen atoms in total. The largest absolute Gasteiger partial charge is 0.486 e. The molecule has 20 heavy (non-hydrogen) atoms. The van der Waals surface area contributed by atoms with E-state index < -0.39 is 34.8 Å². The monoisotopic (exact) mass is 299 g/mol. The van der Waals surface area contributed by atoms with Crippen molar-refractivity contribution < 1.29 is 31.4 Å². The third-order valence-corrected chi connectivity index (χ3v) is 2.40. The van der Waals surface area contributed by atoms with E-state index in [9.17, 15) is 22.0 Å². The van der Waals surface area contributed by atoms with Crippen molar-refractivity contribution in [1.82, 2.24) is 5.32 Å². The van der Waals surface area contributed by atoms with Gasteiger partial charge in [0.1, 0.15) is 6.61 Å². The number of hydrogen-bond donors (Lipinski definition) is 1. The summed E-state index contributed by atoms with van der Waals surface area (Å²) in [5, 5.41) is 2.86. The van der Waals surface area contributed by atoms with Gasteiger partial charge in [-0.2, -0.15) is 8.78 Å². The van der Waals surface area contributed by atoms with Gasteiger partial charge >= 0.3 is 0 Å². The van der Waals surface area contributed by atoms with Crippen LogP contribution in [-0.2, 0) is 4.74 Å².